The van der Waals surface area contributed by atoms with Gasteiger partial charge in [-0.2, -0.15) is 0 Å². The molecule has 0 saturated carbocycles. The maximum absolute atomic E-state index is 5.34. The van der Waals surface area contributed by atoms with Gasteiger partial charge < -0.3 is 10.1 Å². The molecule has 0 aromatic heterocycles. The zero-order valence-electron chi connectivity index (χ0n) is 11.8. The number of ether oxygens (including phenoxy) is 1. The lowest BCUT2D eigenvalue weighted by atomic mass is 9.91. The average molecular weight is 260 g/mol. The molecule has 2 atom stereocenters. The molecule has 1 aromatic carbocycles. The number of piperidine rings is 1. The first-order valence-corrected chi connectivity index (χ1v) is 7.40. The average Bonchev–Trinajstić information content (AvgIpc) is 2.47. The molecule has 0 aliphatic carbocycles. The van der Waals surface area contributed by atoms with E-state index in [9.17, 15) is 0 Å². The van der Waals surface area contributed by atoms with Crippen LogP contribution in [0.15, 0.2) is 24.3 Å². The van der Waals surface area contributed by atoms with E-state index in [-0.39, 0.29) is 0 Å². The van der Waals surface area contributed by atoms with Crippen molar-refractivity contribution in [1.29, 1.82) is 0 Å². The fourth-order valence-electron chi connectivity index (χ4n) is 3.55. The number of benzene rings is 1. The Morgan fingerprint density at radius 3 is 3.16 bits per heavy atom. The van der Waals surface area contributed by atoms with E-state index < -0.39 is 0 Å². The van der Waals surface area contributed by atoms with Crippen molar-refractivity contribution in [2.24, 2.45) is 5.92 Å². The highest BCUT2D eigenvalue weighted by molar-refractivity contribution is 5.32. The molecule has 2 aliphatic heterocycles. The van der Waals surface area contributed by atoms with Gasteiger partial charge in [0, 0.05) is 32.8 Å². The summed E-state index contributed by atoms with van der Waals surface area (Å²) in [5.74, 6) is 0.702. The summed E-state index contributed by atoms with van der Waals surface area (Å²) in [6.45, 7) is 5.40. The van der Waals surface area contributed by atoms with Gasteiger partial charge in [-0.25, -0.2) is 0 Å². The first-order valence-electron chi connectivity index (χ1n) is 7.40. The summed E-state index contributed by atoms with van der Waals surface area (Å²) in [6, 6.07) is 9.43. The van der Waals surface area contributed by atoms with Crippen molar-refractivity contribution in [2.45, 2.75) is 25.4 Å². The molecule has 2 unspecified atom stereocenters. The summed E-state index contributed by atoms with van der Waals surface area (Å²) in [5, 5.41) is 3.56. The van der Waals surface area contributed by atoms with E-state index in [4.69, 9.17) is 4.74 Å². The Bertz CT molecular complexity index is 419. The minimum atomic E-state index is 0.546. The van der Waals surface area contributed by atoms with E-state index in [0.717, 1.165) is 19.7 Å². The molecule has 0 spiro atoms. The van der Waals surface area contributed by atoms with Gasteiger partial charge >= 0.3 is 0 Å². The number of methoxy groups -OCH3 is 1. The fraction of sp³-hybridized carbons (Fsp3) is 0.625. The molecule has 0 amide bonds. The summed E-state index contributed by atoms with van der Waals surface area (Å²) in [4.78, 5) is 2.65. The smallest absolute Gasteiger partial charge is 0.0502 e. The van der Waals surface area contributed by atoms with Gasteiger partial charge in [0.2, 0.25) is 0 Å². The minimum absolute atomic E-state index is 0.546. The lowest BCUT2D eigenvalue weighted by Crippen LogP contribution is -2.45. The van der Waals surface area contributed by atoms with Crippen LogP contribution in [-0.4, -0.2) is 38.3 Å². The quantitative estimate of drug-likeness (QED) is 0.901. The topological polar surface area (TPSA) is 24.5 Å². The summed E-state index contributed by atoms with van der Waals surface area (Å²) < 4.78 is 5.34. The fourth-order valence-corrected chi connectivity index (χ4v) is 3.55. The van der Waals surface area contributed by atoms with Crippen LogP contribution < -0.4 is 5.32 Å². The first kappa shape index (κ1) is 13.1. The number of nitrogens with one attached hydrogen (secondary N) is 1. The summed E-state index contributed by atoms with van der Waals surface area (Å²) in [5.41, 5.74) is 2.99. The van der Waals surface area contributed by atoms with E-state index >= 15 is 0 Å². The van der Waals surface area contributed by atoms with Gasteiger partial charge in [-0.05, 0) is 36.4 Å². The molecule has 1 saturated heterocycles. The normalized spacial score (nSPS) is 28.1. The molecule has 2 aliphatic rings. The van der Waals surface area contributed by atoms with Crippen molar-refractivity contribution in [1.82, 2.24) is 10.2 Å². The molecule has 19 heavy (non-hydrogen) atoms. The Labute approximate surface area is 115 Å². The van der Waals surface area contributed by atoms with E-state index in [1.165, 1.54) is 37.1 Å². The predicted molar refractivity (Wildman–Crippen MR) is 77.1 cm³/mol. The second kappa shape index (κ2) is 6.04. The standard InChI is InChI=1S/C16H24N2O/c1-19-12-13-5-4-8-18(11-13)16-10-17-9-14-6-2-3-7-15(14)16/h2-3,6-7,13,16-17H,4-5,8-12H2,1H3. The second-order valence-corrected chi connectivity index (χ2v) is 5.80. The van der Waals surface area contributed by atoms with Gasteiger partial charge in [-0.15, -0.1) is 0 Å². The molecule has 1 aromatic rings. The van der Waals surface area contributed by atoms with Crippen LogP contribution in [-0.2, 0) is 11.3 Å². The summed E-state index contributed by atoms with van der Waals surface area (Å²) in [7, 11) is 1.82. The molecular weight excluding hydrogens is 236 g/mol. The molecule has 0 bridgehead atoms. The van der Waals surface area contributed by atoms with E-state index in [1.807, 2.05) is 7.11 Å². The highest BCUT2D eigenvalue weighted by Crippen LogP contribution is 2.30. The Morgan fingerprint density at radius 2 is 2.26 bits per heavy atom. The van der Waals surface area contributed by atoms with E-state index in [2.05, 4.69) is 34.5 Å². The highest BCUT2D eigenvalue weighted by atomic mass is 16.5. The molecule has 3 rings (SSSR count). The van der Waals surface area contributed by atoms with Crippen LogP contribution in [0, 0.1) is 5.92 Å². The molecule has 3 nitrogen and oxygen atoms in total. The first-order chi connectivity index (χ1) is 9.38. The third-order valence-corrected chi connectivity index (χ3v) is 4.46. The lowest BCUT2D eigenvalue weighted by molar-refractivity contribution is 0.0654. The van der Waals surface area contributed by atoms with Crippen LogP contribution in [0.5, 0.6) is 0 Å². The highest BCUT2D eigenvalue weighted by Gasteiger charge is 2.29. The maximum Gasteiger partial charge on any atom is 0.0502 e. The Morgan fingerprint density at radius 1 is 1.37 bits per heavy atom. The van der Waals surface area contributed by atoms with Crippen LogP contribution in [0.2, 0.25) is 0 Å². The van der Waals surface area contributed by atoms with Crippen LogP contribution in [0.1, 0.15) is 30.0 Å². The van der Waals surface area contributed by atoms with Crippen molar-refractivity contribution >= 4 is 0 Å². The second-order valence-electron chi connectivity index (χ2n) is 5.80. The van der Waals surface area contributed by atoms with Gasteiger partial charge in [0.05, 0.1) is 6.61 Å². The maximum atomic E-state index is 5.34. The molecule has 104 valence electrons. The predicted octanol–water partition coefficient (Wildman–Crippen LogP) is 2.19. The van der Waals surface area contributed by atoms with E-state index in [1.54, 1.807) is 0 Å². The van der Waals surface area contributed by atoms with Gasteiger partial charge in [-0.1, -0.05) is 24.3 Å². The largest absolute Gasteiger partial charge is 0.384 e. The lowest BCUT2D eigenvalue weighted by Gasteiger charge is -2.41. The summed E-state index contributed by atoms with van der Waals surface area (Å²) in [6.07, 6.45) is 2.61. The molecule has 3 heteroatoms. The molecule has 0 radical (unpaired) electrons. The van der Waals surface area contributed by atoms with Crippen LogP contribution in [0.4, 0.5) is 0 Å². The van der Waals surface area contributed by atoms with Gasteiger partial charge in [0.25, 0.3) is 0 Å². The van der Waals surface area contributed by atoms with Crippen molar-refractivity contribution in [3.05, 3.63) is 35.4 Å². The molecule has 1 fully saturated rings. The van der Waals surface area contributed by atoms with Gasteiger partial charge in [0.1, 0.15) is 0 Å². The Kier molecular flexibility index (Phi) is 4.16. The minimum Gasteiger partial charge on any atom is -0.384 e. The monoisotopic (exact) mass is 260 g/mol. The molecule has 1 N–H and O–H groups in total. The zero-order valence-corrected chi connectivity index (χ0v) is 11.8. The number of likely N-dealkylation sites (tertiary alicyclic amines) is 1. The van der Waals surface area contributed by atoms with Crippen LogP contribution >= 0.6 is 0 Å². The number of fused-ring (bicyclic) bond motifs is 1. The van der Waals surface area contributed by atoms with Gasteiger partial charge in [0.15, 0.2) is 0 Å². The van der Waals surface area contributed by atoms with E-state index in [0.29, 0.717) is 12.0 Å². The number of rotatable bonds is 3. The Balaban J connectivity index is 1.75. The van der Waals surface area contributed by atoms with Gasteiger partial charge in [-0.3, -0.25) is 4.90 Å². The third kappa shape index (κ3) is 2.83. The molecule has 2 heterocycles. The third-order valence-electron chi connectivity index (χ3n) is 4.46. The molecular formula is C16H24N2O. The van der Waals surface area contributed by atoms with Crippen molar-refractivity contribution in [3.8, 4) is 0 Å². The summed E-state index contributed by atoms with van der Waals surface area (Å²) >= 11 is 0. The van der Waals surface area contributed by atoms with Crippen LogP contribution in [0.3, 0.4) is 0 Å². The Hall–Kier alpha value is -0.900. The number of hydrogen-bond acceptors (Lipinski definition) is 3. The number of nitrogens with zero attached hydrogens (tertiary/aromatic N) is 1. The van der Waals surface area contributed by atoms with Crippen molar-refractivity contribution < 1.29 is 4.74 Å². The van der Waals surface area contributed by atoms with Crippen molar-refractivity contribution in [2.75, 3.05) is 33.4 Å². The number of hydrogen-bond donors (Lipinski definition) is 1. The zero-order chi connectivity index (χ0) is 13.1. The SMILES string of the molecule is COCC1CCCN(C2CNCc3ccccc32)C1. The van der Waals surface area contributed by atoms with Crippen LogP contribution in [0.25, 0.3) is 0 Å². The van der Waals surface area contributed by atoms with Crippen molar-refractivity contribution in [3.63, 3.8) is 0 Å².